The molecule has 0 saturated heterocycles. The molecule has 1 aliphatic rings. The molecule has 3 rings (SSSR count). The van der Waals surface area contributed by atoms with Gasteiger partial charge in [-0.05, 0) is 31.9 Å². The molecule has 0 spiro atoms. The lowest BCUT2D eigenvalue weighted by Gasteiger charge is -2.36. The number of nitrogen functional groups attached to an aromatic ring is 1. The Labute approximate surface area is 113 Å². The Morgan fingerprint density at radius 1 is 1.37 bits per heavy atom. The van der Waals surface area contributed by atoms with Crippen molar-refractivity contribution in [1.82, 2.24) is 4.98 Å². The molecule has 19 heavy (non-hydrogen) atoms. The van der Waals surface area contributed by atoms with Crippen LogP contribution < -0.4 is 11.1 Å². The van der Waals surface area contributed by atoms with Gasteiger partial charge in [0.2, 0.25) is 0 Å². The fourth-order valence-corrected chi connectivity index (χ4v) is 2.60. The van der Waals surface area contributed by atoms with Crippen LogP contribution in [-0.4, -0.2) is 23.7 Å². The average molecular weight is 257 g/mol. The molecule has 1 aliphatic carbocycles. The minimum atomic E-state index is 0.417. The van der Waals surface area contributed by atoms with E-state index in [4.69, 9.17) is 10.5 Å². The van der Waals surface area contributed by atoms with Crippen LogP contribution >= 0.6 is 0 Å². The zero-order chi connectivity index (χ0) is 13.2. The van der Waals surface area contributed by atoms with E-state index in [1.165, 1.54) is 0 Å². The van der Waals surface area contributed by atoms with Gasteiger partial charge in [0.25, 0.3) is 0 Å². The Kier molecular flexibility index (Phi) is 3.25. The third-order valence-corrected chi connectivity index (χ3v) is 3.66. The van der Waals surface area contributed by atoms with Gasteiger partial charge in [0.1, 0.15) is 0 Å². The van der Waals surface area contributed by atoms with E-state index in [0.717, 1.165) is 41.7 Å². The number of nitrogens with zero attached hydrogens (tertiary/aromatic N) is 1. The summed E-state index contributed by atoms with van der Waals surface area (Å²) in [5.41, 5.74) is 8.66. The topological polar surface area (TPSA) is 60.2 Å². The molecule has 1 saturated carbocycles. The van der Waals surface area contributed by atoms with Crippen molar-refractivity contribution in [3.8, 4) is 0 Å². The van der Waals surface area contributed by atoms with Gasteiger partial charge in [-0.3, -0.25) is 4.98 Å². The lowest BCUT2D eigenvalue weighted by molar-refractivity contribution is 0.00302. The van der Waals surface area contributed by atoms with Crippen molar-refractivity contribution in [2.45, 2.75) is 31.9 Å². The molecule has 1 aromatic heterocycles. The molecule has 3 N–H and O–H groups in total. The number of rotatable bonds is 4. The number of nitrogens with one attached hydrogen (secondary N) is 1. The van der Waals surface area contributed by atoms with Crippen LogP contribution in [-0.2, 0) is 4.74 Å². The number of nitrogens with two attached hydrogens (primary N) is 1. The molecule has 4 nitrogen and oxygen atoms in total. The average Bonchev–Trinajstić information content (AvgIpc) is 2.37. The first kappa shape index (κ1) is 12.2. The molecule has 4 heteroatoms. The second-order valence-corrected chi connectivity index (χ2v) is 4.99. The number of aromatic nitrogens is 1. The Bertz CT molecular complexity index is 579. The number of hydrogen-bond acceptors (Lipinski definition) is 4. The molecule has 0 aliphatic heterocycles. The number of benzene rings is 1. The van der Waals surface area contributed by atoms with Crippen molar-refractivity contribution in [3.05, 3.63) is 30.5 Å². The molecule has 1 fully saturated rings. The van der Waals surface area contributed by atoms with Crippen LogP contribution in [0.3, 0.4) is 0 Å². The van der Waals surface area contributed by atoms with E-state index >= 15 is 0 Å². The van der Waals surface area contributed by atoms with E-state index in [2.05, 4.69) is 16.4 Å². The Hall–Kier alpha value is -1.81. The summed E-state index contributed by atoms with van der Waals surface area (Å²) in [7, 11) is 0. The number of pyridine rings is 1. The zero-order valence-electron chi connectivity index (χ0n) is 11.1. The molecular weight excluding hydrogens is 238 g/mol. The summed E-state index contributed by atoms with van der Waals surface area (Å²) in [4.78, 5) is 4.35. The summed E-state index contributed by atoms with van der Waals surface area (Å²) < 4.78 is 5.58. The fraction of sp³-hybridized carbons (Fsp3) is 0.400. The SMILES string of the molecule is CCOC1CC(Nc2ccnc3c(N)cccc23)C1. The van der Waals surface area contributed by atoms with E-state index in [9.17, 15) is 0 Å². The van der Waals surface area contributed by atoms with Gasteiger partial charge in [0.05, 0.1) is 17.3 Å². The monoisotopic (exact) mass is 257 g/mol. The van der Waals surface area contributed by atoms with Gasteiger partial charge in [0, 0.05) is 29.9 Å². The van der Waals surface area contributed by atoms with Crippen LogP contribution in [0.4, 0.5) is 11.4 Å². The van der Waals surface area contributed by atoms with Gasteiger partial charge in [-0.2, -0.15) is 0 Å². The number of ether oxygens (including phenoxy) is 1. The van der Waals surface area contributed by atoms with Crippen molar-refractivity contribution in [2.24, 2.45) is 0 Å². The van der Waals surface area contributed by atoms with Crippen LogP contribution in [0, 0.1) is 0 Å². The quantitative estimate of drug-likeness (QED) is 0.827. The molecule has 0 amide bonds. The normalized spacial score (nSPS) is 22.2. The van der Waals surface area contributed by atoms with Crippen LogP contribution in [0.25, 0.3) is 10.9 Å². The highest BCUT2D eigenvalue weighted by atomic mass is 16.5. The van der Waals surface area contributed by atoms with Crippen molar-refractivity contribution in [1.29, 1.82) is 0 Å². The first-order chi connectivity index (χ1) is 9.28. The van der Waals surface area contributed by atoms with E-state index < -0.39 is 0 Å². The molecule has 100 valence electrons. The van der Waals surface area contributed by atoms with Gasteiger partial charge >= 0.3 is 0 Å². The lowest BCUT2D eigenvalue weighted by Crippen LogP contribution is -2.40. The maximum Gasteiger partial charge on any atom is 0.0951 e. The number of anilines is 2. The Morgan fingerprint density at radius 2 is 2.21 bits per heavy atom. The van der Waals surface area contributed by atoms with Gasteiger partial charge in [0.15, 0.2) is 0 Å². The number of para-hydroxylation sites is 1. The van der Waals surface area contributed by atoms with Gasteiger partial charge < -0.3 is 15.8 Å². The van der Waals surface area contributed by atoms with E-state index in [-0.39, 0.29) is 0 Å². The third kappa shape index (κ3) is 2.36. The predicted molar refractivity (Wildman–Crippen MR) is 78.2 cm³/mol. The van der Waals surface area contributed by atoms with Crippen molar-refractivity contribution in [3.63, 3.8) is 0 Å². The molecule has 0 radical (unpaired) electrons. The zero-order valence-corrected chi connectivity index (χ0v) is 11.1. The summed E-state index contributed by atoms with van der Waals surface area (Å²) in [6.07, 6.45) is 4.36. The molecule has 0 atom stereocenters. The Morgan fingerprint density at radius 3 is 3.00 bits per heavy atom. The molecule has 1 aromatic carbocycles. The second-order valence-electron chi connectivity index (χ2n) is 4.99. The summed E-state index contributed by atoms with van der Waals surface area (Å²) in [6, 6.07) is 8.40. The molecule has 0 unspecified atom stereocenters. The second kappa shape index (κ2) is 5.05. The summed E-state index contributed by atoms with van der Waals surface area (Å²) in [5, 5.41) is 4.65. The van der Waals surface area contributed by atoms with Crippen LogP contribution in [0.2, 0.25) is 0 Å². The largest absolute Gasteiger partial charge is 0.397 e. The smallest absolute Gasteiger partial charge is 0.0951 e. The summed E-state index contributed by atoms with van der Waals surface area (Å²) >= 11 is 0. The van der Waals surface area contributed by atoms with Crippen LogP contribution in [0.5, 0.6) is 0 Å². The van der Waals surface area contributed by atoms with E-state index in [1.807, 2.05) is 25.1 Å². The standard InChI is InChI=1S/C15H19N3O/c1-2-19-11-8-10(9-11)18-14-6-7-17-15-12(14)4-3-5-13(15)16/h3-7,10-11H,2,8-9,16H2,1H3,(H,17,18). The first-order valence-electron chi connectivity index (χ1n) is 6.79. The lowest BCUT2D eigenvalue weighted by atomic mass is 9.89. The molecular formula is C15H19N3O. The highest BCUT2D eigenvalue weighted by molar-refractivity contribution is 5.97. The minimum Gasteiger partial charge on any atom is -0.397 e. The van der Waals surface area contributed by atoms with Crippen molar-refractivity contribution < 1.29 is 4.74 Å². The predicted octanol–water partition coefficient (Wildman–Crippen LogP) is 2.80. The summed E-state index contributed by atoms with van der Waals surface area (Å²) in [5.74, 6) is 0. The van der Waals surface area contributed by atoms with Crippen LogP contribution in [0.1, 0.15) is 19.8 Å². The van der Waals surface area contributed by atoms with Gasteiger partial charge in [-0.1, -0.05) is 12.1 Å². The van der Waals surface area contributed by atoms with Gasteiger partial charge in [-0.25, -0.2) is 0 Å². The van der Waals surface area contributed by atoms with E-state index in [1.54, 1.807) is 6.20 Å². The third-order valence-electron chi connectivity index (χ3n) is 3.66. The van der Waals surface area contributed by atoms with E-state index in [0.29, 0.717) is 12.1 Å². The molecule has 1 heterocycles. The maximum atomic E-state index is 5.95. The Balaban J connectivity index is 1.77. The van der Waals surface area contributed by atoms with Crippen molar-refractivity contribution >= 4 is 22.3 Å². The summed E-state index contributed by atoms with van der Waals surface area (Å²) in [6.45, 7) is 2.84. The maximum absolute atomic E-state index is 5.95. The van der Waals surface area contributed by atoms with Crippen molar-refractivity contribution in [2.75, 3.05) is 17.7 Å². The van der Waals surface area contributed by atoms with Crippen LogP contribution in [0.15, 0.2) is 30.5 Å². The highest BCUT2D eigenvalue weighted by Gasteiger charge is 2.29. The number of hydrogen-bond donors (Lipinski definition) is 2. The molecule has 2 aromatic rings. The highest BCUT2D eigenvalue weighted by Crippen LogP contribution is 2.31. The van der Waals surface area contributed by atoms with Gasteiger partial charge in [-0.15, -0.1) is 0 Å². The number of fused-ring (bicyclic) bond motifs is 1. The molecule has 0 bridgehead atoms. The first-order valence-corrected chi connectivity index (χ1v) is 6.79. The minimum absolute atomic E-state index is 0.417. The fourth-order valence-electron chi connectivity index (χ4n) is 2.60.